The third-order valence-electron chi connectivity index (χ3n) is 14.7. The van der Waals surface area contributed by atoms with Gasteiger partial charge in [0.1, 0.15) is 35.6 Å². The molecule has 22 heteroatoms. The molecule has 0 aromatic carbocycles. The number of carboxylic acid groups (broad SMARTS) is 1. The van der Waals surface area contributed by atoms with E-state index in [4.69, 9.17) is 38.9 Å². The number of likely N-dealkylation sites (N-methyl/N-ethyl adjacent to an activating group) is 2. The lowest BCUT2D eigenvalue weighted by molar-refractivity contribution is -0.315. The van der Waals surface area contributed by atoms with Gasteiger partial charge in [0.25, 0.3) is 0 Å². The van der Waals surface area contributed by atoms with Crippen molar-refractivity contribution in [3.05, 3.63) is 18.2 Å². The second kappa shape index (κ2) is 25.2. The number of cyclic esters (lactones) is 1. The summed E-state index contributed by atoms with van der Waals surface area (Å²) in [5.74, 6) is -4.26. The summed E-state index contributed by atoms with van der Waals surface area (Å²) in [5, 5.41) is 59.7. The quantitative estimate of drug-likeness (QED) is 0.113. The van der Waals surface area contributed by atoms with Crippen molar-refractivity contribution in [1.82, 2.24) is 24.7 Å². The van der Waals surface area contributed by atoms with E-state index < -0.39 is 126 Å². The Morgan fingerprint density at radius 3 is 2.30 bits per heavy atom. The fourth-order valence-corrected chi connectivity index (χ4v) is 10.4. The number of aromatic nitrogens is 2. The van der Waals surface area contributed by atoms with Crippen LogP contribution in [0.1, 0.15) is 113 Å². The largest absolute Gasteiger partial charge is 0.480 e. The van der Waals surface area contributed by atoms with Crippen molar-refractivity contribution >= 4 is 23.8 Å². The maximum atomic E-state index is 14.2. The Kier molecular flexibility index (Phi) is 21.4. The van der Waals surface area contributed by atoms with E-state index in [0.717, 1.165) is 0 Å². The van der Waals surface area contributed by atoms with Crippen LogP contribution in [-0.2, 0) is 65.3 Å². The van der Waals surface area contributed by atoms with Gasteiger partial charge in [0.2, 0.25) is 5.91 Å². The van der Waals surface area contributed by atoms with Gasteiger partial charge in [-0.05, 0) is 94.8 Å². The first-order valence-corrected chi connectivity index (χ1v) is 25.0. The maximum Gasteiger partial charge on any atom is 0.326 e. The predicted octanol–water partition coefficient (Wildman–Crippen LogP) is 0.952. The highest BCUT2D eigenvalue weighted by atomic mass is 16.7. The molecule has 22 nitrogen and oxygen atoms in total. The fourth-order valence-electron chi connectivity index (χ4n) is 10.4. The van der Waals surface area contributed by atoms with E-state index >= 15 is 0 Å². The number of esters is 2. The van der Waals surface area contributed by atoms with Crippen LogP contribution in [0.2, 0.25) is 0 Å². The van der Waals surface area contributed by atoms with Crippen LogP contribution in [0.3, 0.4) is 0 Å². The molecule has 3 aliphatic rings. The third-order valence-corrected chi connectivity index (χ3v) is 14.7. The standard InChI is InChI=1S/C49H86N6O16/c1-15-36-49(10,64)41(59)30(6)54(13)23-26(2)21-47(8,63)42(71-46-40(58)34(53(11)12)18-27(3)66-46)28(4)35(20-38(57)69-36)68-39-22-48(9,65-14)43(31(7)67-39)70-37(56)16-17-55-24-32(51-25-55)19-33(45(61)62)52-44(60)29(5)50/h24-31,33-36,39-43,46,58-59,63-64H,15-23,50H2,1-14H3,(H,52,60)(H,61,62)/t26-,27-,28+,29?,30-,31+,33?,34+,35?,36-,39?,40-,41-,42-,43+,46+,47-,48-,49-/m1/s1. The molecule has 3 fully saturated rings. The number of imidazole rings is 1. The van der Waals surface area contributed by atoms with E-state index in [0.29, 0.717) is 18.7 Å². The maximum absolute atomic E-state index is 14.2. The molecule has 4 heterocycles. The summed E-state index contributed by atoms with van der Waals surface area (Å²) < 4.78 is 45.9. The second-order valence-electron chi connectivity index (χ2n) is 21.4. The van der Waals surface area contributed by atoms with Crippen LogP contribution in [-0.4, -0.2) is 206 Å². The number of hydrogen-bond acceptors (Lipinski definition) is 19. The zero-order valence-electron chi connectivity index (χ0n) is 44.3. The molecule has 3 aliphatic heterocycles. The molecule has 1 aromatic rings. The van der Waals surface area contributed by atoms with Crippen molar-refractivity contribution in [3.63, 3.8) is 0 Å². The van der Waals surface area contributed by atoms with Gasteiger partial charge in [0.05, 0.1) is 60.9 Å². The van der Waals surface area contributed by atoms with Crippen molar-refractivity contribution in [1.29, 1.82) is 0 Å². The first-order valence-electron chi connectivity index (χ1n) is 25.0. The number of nitrogens with one attached hydrogen (secondary N) is 1. The number of aryl methyl sites for hydroxylation is 1. The number of rotatable bonds is 16. The summed E-state index contributed by atoms with van der Waals surface area (Å²) in [6.45, 7) is 17.6. The van der Waals surface area contributed by atoms with E-state index in [9.17, 15) is 44.7 Å². The molecule has 0 radical (unpaired) electrons. The Bertz CT molecular complexity index is 1900. The number of carboxylic acids is 1. The van der Waals surface area contributed by atoms with Crippen LogP contribution in [0.5, 0.6) is 0 Å². The molecule has 19 atom stereocenters. The Morgan fingerprint density at radius 2 is 1.70 bits per heavy atom. The number of aliphatic hydroxyl groups is 4. The number of aliphatic carboxylic acids is 1. The van der Waals surface area contributed by atoms with Gasteiger partial charge in [-0.25, -0.2) is 9.78 Å². The summed E-state index contributed by atoms with van der Waals surface area (Å²) in [7, 11) is 7.00. The van der Waals surface area contributed by atoms with Crippen LogP contribution in [0.25, 0.3) is 0 Å². The van der Waals surface area contributed by atoms with E-state index in [1.807, 2.05) is 44.8 Å². The molecule has 3 saturated heterocycles. The number of carbonyl (C=O) groups excluding carboxylic acids is 3. The molecule has 1 aromatic heterocycles. The van der Waals surface area contributed by atoms with Crippen LogP contribution in [0.15, 0.2) is 12.5 Å². The minimum atomic E-state index is -1.86. The summed E-state index contributed by atoms with van der Waals surface area (Å²) in [6.07, 6.45) is -6.85. The van der Waals surface area contributed by atoms with Crippen molar-refractivity contribution in [2.45, 2.75) is 223 Å². The van der Waals surface area contributed by atoms with Gasteiger partial charge in [-0.2, -0.15) is 0 Å². The normalized spacial score (nSPS) is 39.1. The van der Waals surface area contributed by atoms with Gasteiger partial charge >= 0.3 is 17.9 Å². The highest BCUT2D eigenvalue weighted by Crippen LogP contribution is 2.40. The van der Waals surface area contributed by atoms with Gasteiger partial charge in [-0.3, -0.25) is 14.4 Å². The molecule has 408 valence electrons. The number of nitrogens with two attached hydrogens (primary N) is 1. The number of carbonyl (C=O) groups is 4. The van der Waals surface area contributed by atoms with Crippen molar-refractivity contribution < 1.29 is 77.9 Å². The Balaban J connectivity index is 1.62. The Hall–Kier alpha value is -3.39. The topological polar surface area (TPSA) is 296 Å². The monoisotopic (exact) mass is 1010 g/mol. The molecule has 0 saturated carbocycles. The lowest BCUT2D eigenvalue weighted by atomic mass is 9.79. The smallest absolute Gasteiger partial charge is 0.326 e. The number of amides is 1. The average Bonchev–Trinajstić information content (AvgIpc) is 3.73. The van der Waals surface area contributed by atoms with Crippen LogP contribution >= 0.6 is 0 Å². The van der Waals surface area contributed by atoms with E-state index in [2.05, 4.69) is 10.3 Å². The number of ether oxygens (including phenoxy) is 7. The first kappa shape index (κ1) is 60.2. The molecule has 71 heavy (non-hydrogen) atoms. The van der Waals surface area contributed by atoms with Crippen molar-refractivity contribution in [2.75, 3.05) is 34.8 Å². The lowest BCUT2D eigenvalue weighted by Crippen LogP contribution is -2.60. The third kappa shape index (κ3) is 15.6. The fraction of sp³-hybridized carbons (Fsp3) is 0.857. The molecule has 0 aliphatic carbocycles. The number of aliphatic hydroxyl groups excluding tert-OH is 2. The summed E-state index contributed by atoms with van der Waals surface area (Å²) in [4.78, 5) is 59.6. The summed E-state index contributed by atoms with van der Waals surface area (Å²) in [6, 6.07) is -3.08. The molecule has 0 spiro atoms. The van der Waals surface area contributed by atoms with Gasteiger partial charge in [0.15, 0.2) is 18.7 Å². The molecular formula is C49H86N6O16. The Morgan fingerprint density at radius 1 is 1.04 bits per heavy atom. The number of nitrogens with zero attached hydrogens (tertiary/aromatic N) is 4. The zero-order chi connectivity index (χ0) is 53.5. The lowest BCUT2D eigenvalue weighted by Gasteiger charge is -2.48. The van der Waals surface area contributed by atoms with Crippen molar-refractivity contribution in [2.24, 2.45) is 17.6 Å². The number of hydrogen-bond donors (Lipinski definition) is 7. The number of methoxy groups -OCH3 is 1. The van der Waals surface area contributed by atoms with Crippen molar-refractivity contribution in [3.8, 4) is 0 Å². The minimum Gasteiger partial charge on any atom is -0.480 e. The molecule has 1 amide bonds. The van der Waals surface area contributed by atoms with Gasteiger partial charge < -0.3 is 84.1 Å². The van der Waals surface area contributed by atoms with E-state index in [1.54, 1.807) is 52.3 Å². The molecule has 4 unspecified atom stereocenters. The SMILES string of the molecule is CC[C@H]1OC(=O)CC(OC2C[C@@](C)(OC)[C@@H](OC(=O)CCn3cnc(CC(NC(=O)C(C)N)C(=O)O)c3)[C@H](C)O2)[C@H](C)[C@@H](O[C@@H]2O[C@H](C)C[C@H](N(C)C)[C@H]2O)[C@](C)(O)C[C@@H](C)CN(C)[C@H](C)[C@@H](O)[C@]1(C)O. The summed E-state index contributed by atoms with van der Waals surface area (Å²) in [5.41, 5.74) is 1.27. The summed E-state index contributed by atoms with van der Waals surface area (Å²) >= 11 is 0. The predicted molar refractivity (Wildman–Crippen MR) is 257 cm³/mol. The average molecular weight is 1020 g/mol. The van der Waals surface area contributed by atoms with Crippen LogP contribution in [0.4, 0.5) is 0 Å². The van der Waals surface area contributed by atoms with Gasteiger partial charge in [-0.15, -0.1) is 0 Å². The van der Waals surface area contributed by atoms with E-state index in [-0.39, 0.29) is 56.7 Å². The molecule has 8 N–H and O–H groups in total. The molecule has 0 bridgehead atoms. The molecular weight excluding hydrogens is 929 g/mol. The van der Waals surface area contributed by atoms with Gasteiger partial charge in [-0.1, -0.05) is 20.8 Å². The van der Waals surface area contributed by atoms with E-state index in [1.165, 1.54) is 27.3 Å². The highest BCUT2D eigenvalue weighted by Gasteiger charge is 2.52. The minimum absolute atomic E-state index is 0.00724. The highest BCUT2D eigenvalue weighted by molar-refractivity contribution is 5.86. The first-order chi connectivity index (χ1) is 32.9. The van der Waals surface area contributed by atoms with Gasteiger partial charge in [0, 0.05) is 57.2 Å². The Labute approximate surface area is 419 Å². The second-order valence-corrected chi connectivity index (χ2v) is 21.4. The molecule has 4 rings (SSSR count). The van der Waals surface area contributed by atoms with Crippen LogP contribution < -0.4 is 11.1 Å². The zero-order valence-corrected chi connectivity index (χ0v) is 44.3. The van der Waals surface area contributed by atoms with Crippen LogP contribution in [0, 0.1) is 11.8 Å².